The summed E-state index contributed by atoms with van der Waals surface area (Å²) in [6, 6.07) is 6.45. The summed E-state index contributed by atoms with van der Waals surface area (Å²) in [4.78, 5) is 21.3. The molecule has 1 saturated carbocycles. The standard InChI is InChI=1S/C19H30NO5P.Li.H/c1-14(16-8-5-9-17(10-16)19(22)23)20-11-18(21)13-26(24,25)12-15-6-3-2-4-7-15;;/h5,8-10,14-15,18,20-21H,2-4,6-7,11-13H2,1H3,(H,22,23)(H,24,25);;/t14-,18-;;/m1../s1. The van der Waals surface area contributed by atoms with Crippen LogP contribution in [0.15, 0.2) is 24.3 Å². The van der Waals surface area contributed by atoms with E-state index in [1.165, 1.54) is 12.5 Å². The Labute approximate surface area is 173 Å². The van der Waals surface area contributed by atoms with Gasteiger partial charge in [0.1, 0.15) is 0 Å². The summed E-state index contributed by atoms with van der Waals surface area (Å²) in [6.07, 6.45) is 4.78. The summed E-state index contributed by atoms with van der Waals surface area (Å²) < 4.78 is 12.4. The van der Waals surface area contributed by atoms with Crippen LogP contribution in [0, 0.1) is 5.92 Å². The Balaban J connectivity index is 0.00000364. The number of rotatable bonds is 9. The van der Waals surface area contributed by atoms with Crippen LogP contribution in [-0.4, -0.2) is 64.9 Å². The van der Waals surface area contributed by atoms with Gasteiger partial charge >= 0.3 is 24.8 Å². The Hall–Kier alpha value is -0.603. The second-order valence-electron chi connectivity index (χ2n) is 7.43. The fourth-order valence-corrected chi connectivity index (χ4v) is 5.72. The van der Waals surface area contributed by atoms with Gasteiger partial charge in [0.05, 0.1) is 17.8 Å². The first-order valence-corrected chi connectivity index (χ1v) is 11.4. The number of benzene rings is 1. The SMILES string of the molecule is C[C@@H](NC[C@@H](O)CP(=O)(O)CC1CCCCC1)c1cccc(C(=O)O)c1.[LiH]. The van der Waals surface area contributed by atoms with E-state index in [1.807, 2.05) is 13.0 Å². The molecular formula is C19H31LiNO5P. The number of aromatic carboxylic acids is 1. The van der Waals surface area contributed by atoms with Crippen molar-refractivity contribution in [2.45, 2.75) is 51.2 Å². The number of carboxylic acids is 1. The van der Waals surface area contributed by atoms with Crippen LogP contribution in [0.5, 0.6) is 0 Å². The van der Waals surface area contributed by atoms with Crippen molar-refractivity contribution in [1.82, 2.24) is 5.32 Å². The van der Waals surface area contributed by atoms with Gasteiger partial charge in [-0.05, 0) is 43.4 Å². The molecule has 1 unspecified atom stereocenters. The molecule has 0 bridgehead atoms. The molecule has 6 nitrogen and oxygen atoms in total. The molecule has 0 spiro atoms. The van der Waals surface area contributed by atoms with Gasteiger partial charge in [-0.3, -0.25) is 4.57 Å². The number of carboxylic acid groups (broad SMARTS) is 1. The molecule has 27 heavy (non-hydrogen) atoms. The third-order valence-corrected chi connectivity index (χ3v) is 7.14. The third-order valence-electron chi connectivity index (χ3n) is 5.06. The van der Waals surface area contributed by atoms with Crippen LogP contribution in [-0.2, 0) is 4.57 Å². The Bertz CT molecular complexity index is 651. The van der Waals surface area contributed by atoms with Crippen molar-refractivity contribution < 1.29 is 24.5 Å². The molecule has 1 aromatic carbocycles. The summed E-state index contributed by atoms with van der Waals surface area (Å²) in [5, 5.41) is 22.3. The van der Waals surface area contributed by atoms with Gasteiger partial charge in [0.25, 0.3) is 0 Å². The first kappa shape index (κ1) is 24.4. The molecule has 148 valence electrons. The van der Waals surface area contributed by atoms with Gasteiger partial charge in [-0.15, -0.1) is 0 Å². The molecule has 1 aliphatic carbocycles. The van der Waals surface area contributed by atoms with Gasteiger partial charge in [0, 0.05) is 18.7 Å². The zero-order valence-corrected chi connectivity index (χ0v) is 16.2. The summed E-state index contributed by atoms with van der Waals surface area (Å²) in [6.45, 7) is 2.06. The second-order valence-corrected chi connectivity index (χ2v) is 9.85. The molecule has 0 saturated heterocycles. The van der Waals surface area contributed by atoms with Gasteiger partial charge < -0.3 is 20.4 Å². The summed E-state index contributed by atoms with van der Waals surface area (Å²) >= 11 is 0. The van der Waals surface area contributed by atoms with Crippen LogP contribution in [0.1, 0.15) is 61.0 Å². The van der Waals surface area contributed by atoms with E-state index in [9.17, 15) is 19.4 Å². The van der Waals surface area contributed by atoms with Crippen molar-refractivity contribution in [1.29, 1.82) is 0 Å². The van der Waals surface area contributed by atoms with Crippen molar-refractivity contribution in [3.63, 3.8) is 0 Å². The number of aliphatic hydroxyl groups excluding tert-OH is 1. The van der Waals surface area contributed by atoms with Crippen molar-refractivity contribution in [3.05, 3.63) is 35.4 Å². The summed E-state index contributed by atoms with van der Waals surface area (Å²) in [5.74, 6) is -0.680. The number of aliphatic hydroxyl groups is 1. The molecule has 1 aliphatic rings. The fraction of sp³-hybridized carbons (Fsp3) is 0.632. The predicted octanol–water partition coefficient (Wildman–Crippen LogP) is 2.60. The van der Waals surface area contributed by atoms with Crippen molar-refractivity contribution in [2.24, 2.45) is 5.92 Å². The van der Waals surface area contributed by atoms with E-state index in [4.69, 9.17) is 5.11 Å². The van der Waals surface area contributed by atoms with Crippen LogP contribution in [0.2, 0.25) is 0 Å². The van der Waals surface area contributed by atoms with Gasteiger partial charge in [0.2, 0.25) is 7.37 Å². The first-order valence-electron chi connectivity index (χ1n) is 9.32. The zero-order chi connectivity index (χ0) is 19.2. The molecule has 0 aromatic heterocycles. The molecule has 0 aliphatic heterocycles. The number of hydrogen-bond donors (Lipinski definition) is 4. The van der Waals surface area contributed by atoms with Gasteiger partial charge in [0.15, 0.2) is 0 Å². The number of carbonyl (C=O) groups is 1. The molecule has 8 heteroatoms. The van der Waals surface area contributed by atoms with Gasteiger partial charge in [-0.2, -0.15) is 0 Å². The van der Waals surface area contributed by atoms with Gasteiger partial charge in [-0.25, -0.2) is 4.79 Å². The first-order chi connectivity index (χ1) is 12.3. The molecule has 1 fully saturated rings. The van der Waals surface area contributed by atoms with Crippen LogP contribution in [0.3, 0.4) is 0 Å². The molecule has 0 radical (unpaired) electrons. The Kier molecular flexibility index (Phi) is 10.3. The van der Waals surface area contributed by atoms with Crippen molar-refractivity contribution >= 4 is 32.2 Å². The molecule has 1 aromatic rings. The monoisotopic (exact) mass is 391 g/mol. The Morgan fingerprint density at radius 3 is 2.59 bits per heavy atom. The van der Waals surface area contributed by atoms with E-state index < -0.39 is 19.4 Å². The normalized spacial score (nSPS) is 19.5. The van der Waals surface area contributed by atoms with Gasteiger partial charge in [-0.1, -0.05) is 31.4 Å². The molecule has 2 rings (SSSR count). The molecular weight excluding hydrogens is 360 g/mol. The predicted molar refractivity (Wildman–Crippen MR) is 109 cm³/mol. The maximum absolute atomic E-state index is 12.4. The van der Waals surface area contributed by atoms with E-state index in [2.05, 4.69) is 5.32 Å². The van der Waals surface area contributed by atoms with Crippen molar-refractivity contribution in [3.8, 4) is 0 Å². The molecule has 0 amide bonds. The second kappa shape index (κ2) is 11.4. The van der Waals surface area contributed by atoms with E-state index in [1.54, 1.807) is 12.1 Å². The summed E-state index contributed by atoms with van der Waals surface area (Å²) in [5.41, 5.74) is 1.01. The zero-order valence-electron chi connectivity index (χ0n) is 15.3. The average molecular weight is 391 g/mol. The fourth-order valence-electron chi connectivity index (χ4n) is 3.61. The molecule has 4 N–H and O–H groups in total. The topological polar surface area (TPSA) is 107 Å². The van der Waals surface area contributed by atoms with Crippen LogP contribution >= 0.6 is 7.37 Å². The average Bonchev–Trinajstić information content (AvgIpc) is 2.59. The number of nitrogens with one attached hydrogen (secondary N) is 1. The third kappa shape index (κ3) is 8.52. The van der Waals surface area contributed by atoms with E-state index in [0.29, 0.717) is 12.1 Å². The summed E-state index contributed by atoms with van der Waals surface area (Å²) in [7, 11) is -3.34. The molecule has 3 atom stereocenters. The van der Waals surface area contributed by atoms with Crippen molar-refractivity contribution in [2.75, 3.05) is 18.9 Å². The minimum atomic E-state index is -3.34. The van der Waals surface area contributed by atoms with E-state index in [-0.39, 0.29) is 43.2 Å². The van der Waals surface area contributed by atoms with E-state index >= 15 is 0 Å². The Morgan fingerprint density at radius 2 is 1.96 bits per heavy atom. The minimum absolute atomic E-state index is 0. The van der Waals surface area contributed by atoms with Crippen LogP contribution in [0.4, 0.5) is 0 Å². The number of hydrogen-bond acceptors (Lipinski definition) is 4. The molecule has 0 heterocycles. The van der Waals surface area contributed by atoms with Crippen LogP contribution < -0.4 is 5.32 Å². The Morgan fingerprint density at radius 1 is 1.30 bits per heavy atom. The quantitative estimate of drug-likeness (QED) is 0.381. The van der Waals surface area contributed by atoms with E-state index in [0.717, 1.165) is 31.2 Å². The van der Waals surface area contributed by atoms with Crippen LogP contribution in [0.25, 0.3) is 0 Å². The maximum atomic E-state index is 12.4.